The van der Waals surface area contributed by atoms with Crippen LogP contribution in [0.2, 0.25) is 0 Å². The van der Waals surface area contributed by atoms with Gasteiger partial charge in [0, 0.05) is 30.6 Å². The van der Waals surface area contributed by atoms with Gasteiger partial charge >= 0.3 is 5.63 Å². The second-order valence-electron chi connectivity index (χ2n) is 5.77. The number of nitrogens with one attached hydrogen (secondary N) is 2. The fraction of sp³-hybridized carbons (Fsp3) is 0.278. The van der Waals surface area contributed by atoms with Gasteiger partial charge in [0.25, 0.3) is 11.8 Å². The maximum absolute atomic E-state index is 12.5. The van der Waals surface area contributed by atoms with Crippen molar-refractivity contribution < 1.29 is 18.7 Å². The molecule has 1 aromatic carbocycles. The number of hydrogen-bond acceptors (Lipinski definition) is 8. The smallest absolute Gasteiger partial charge is 0.337 e. The van der Waals surface area contributed by atoms with E-state index in [1.165, 1.54) is 0 Å². The molecule has 0 spiro atoms. The molecule has 0 bridgehead atoms. The first-order valence-corrected chi connectivity index (χ1v) is 9.33. The Morgan fingerprint density at radius 3 is 2.61 bits per heavy atom. The van der Waals surface area contributed by atoms with E-state index in [4.69, 9.17) is 9.15 Å². The van der Waals surface area contributed by atoms with Crippen molar-refractivity contribution in [3.05, 3.63) is 50.8 Å². The molecule has 0 radical (unpaired) electrons. The number of hydrogen-bond donors (Lipinski definition) is 2. The van der Waals surface area contributed by atoms with Crippen LogP contribution in [0.3, 0.4) is 0 Å². The van der Waals surface area contributed by atoms with Gasteiger partial charge in [-0.1, -0.05) is 4.49 Å². The van der Waals surface area contributed by atoms with Gasteiger partial charge in [0.05, 0.1) is 17.9 Å². The van der Waals surface area contributed by atoms with Crippen molar-refractivity contribution in [1.82, 2.24) is 20.2 Å². The number of rotatable bonds is 7. The van der Waals surface area contributed by atoms with Gasteiger partial charge in [-0.3, -0.25) is 9.59 Å². The molecule has 146 valence electrons. The number of carbonyl (C=O) groups excluding carboxylic acids is 2. The summed E-state index contributed by atoms with van der Waals surface area (Å²) in [5.41, 5.74) is 0.390. The zero-order valence-corrected chi connectivity index (χ0v) is 16.1. The Morgan fingerprint density at radius 1 is 1.18 bits per heavy atom. The van der Waals surface area contributed by atoms with Gasteiger partial charge < -0.3 is 19.8 Å². The Balaban J connectivity index is 1.65. The highest BCUT2D eigenvalue weighted by Crippen LogP contribution is 2.22. The maximum atomic E-state index is 12.5. The molecule has 0 saturated heterocycles. The van der Waals surface area contributed by atoms with E-state index < -0.39 is 11.5 Å². The summed E-state index contributed by atoms with van der Waals surface area (Å²) in [6.07, 6.45) is 0. The van der Waals surface area contributed by atoms with E-state index >= 15 is 0 Å². The monoisotopic (exact) mass is 402 g/mol. The Kier molecular flexibility index (Phi) is 5.99. The van der Waals surface area contributed by atoms with Gasteiger partial charge in [-0.2, -0.15) is 0 Å². The summed E-state index contributed by atoms with van der Waals surface area (Å²) in [6.45, 7) is 4.42. The Labute approximate surface area is 163 Å². The summed E-state index contributed by atoms with van der Waals surface area (Å²) >= 11 is 1.01. The maximum Gasteiger partial charge on any atom is 0.337 e. The lowest BCUT2D eigenvalue weighted by molar-refractivity contribution is 0.0929. The molecule has 0 atom stereocenters. The lowest BCUT2D eigenvalue weighted by Gasteiger charge is -2.09. The summed E-state index contributed by atoms with van der Waals surface area (Å²) in [4.78, 5) is 36.7. The topological polar surface area (TPSA) is 123 Å². The van der Waals surface area contributed by atoms with Gasteiger partial charge in [-0.05, 0) is 37.5 Å². The van der Waals surface area contributed by atoms with Crippen molar-refractivity contribution in [2.24, 2.45) is 0 Å². The molecular formula is C18H18N4O5S. The third kappa shape index (κ3) is 4.34. The van der Waals surface area contributed by atoms with E-state index in [-0.39, 0.29) is 30.1 Å². The molecule has 2 heterocycles. The van der Waals surface area contributed by atoms with E-state index in [1.807, 2.05) is 6.92 Å². The van der Waals surface area contributed by atoms with Gasteiger partial charge in [0.15, 0.2) is 0 Å². The van der Waals surface area contributed by atoms with Crippen LogP contribution in [0.15, 0.2) is 33.5 Å². The number of ether oxygens (including phenoxy) is 1. The number of amides is 2. The second-order valence-corrected chi connectivity index (χ2v) is 6.52. The van der Waals surface area contributed by atoms with Crippen LogP contribution in [0.25, 0.3) is 11.0 Å². The van der Waals surface area contributed by atoms with E-state index in [2.05, 4.69) is 20.2 Å². The van der Waals surface area contributed by atoms with E-state index in [1.54, 1.807) is 25.1 Å². The number of fused-ring (bicyclic) bond motifs is 1. The van der Waals surface area contributed by atoms with Gasteiger partial charge in [-0.15, -0.1) is 5.10 Å². The molecule has 28 heavy (non-hydrogen) atoms. The summed E-state index contributed by atoms with van der Waals surface area (Å²) in [7, 11) is 0. The lowest BCUT2D eigenvalue weighted by atomic mass is 10.1. The van der Waals surface area contributed by atoms with Crippen molar-refractivity contribution in [1.29, 1.82) is 0 Å². The van der Waals surface area contributed by atoms with Gasteiger partial charge in [-0.25, -0.2) is 4.79 Å². The molecule has 9 nitrogen and oxygen atoms in total. The third-order valence-corrected chi connectivity index (χ3v) is 4.65. The van der Waals surface area contributed by atoms with Crippen LogP contribution in [0.5, 0.6) is 5.75 Å². The molecule has 2 amide bonds. The minimum atomic E-state index is -0.632. The number of nitrogens with zero attached hydrogens (tertiary/aromatic N) is 2. The predicted molar refractivity (Wildman–Crippen MR) is 103 cm³/mol. The minimum Gasteiger partial charge on any atom is -0.494 e. The van der Waals surface area contributed by atoms with Crippen molar-refractivity contribution in [2.75, 3.05) is 19.7 Å². The first kappa shape index (κ1) is 19.5. The fourth-order valence-electron chi connectivity index (χ4n) is 2.55. The van der Waals surface area contributed by atoms with Crippen LogP contribution in [0.4, 0.5) is 0 Å². The standard InChI is InChI=1S/C18H18N4O5S/c1-3-26-11-4-5-12-13(9-15(23)27-14(12)8-11)17(24)19-6-7-20-18(25)16-10(2)21-22-28-16/h4-5,8-9H,3,6-7H2,1-2H3,(H,19,24)(H,20,25). The normalized spacial score (nSPS) is 10.6. The third-order valence-electron chi connectivity index (χ3n) is 3.83. The summed E-state index contributed by atoms with van der Waals surface area (Å²) in [5, 5.41) is 9.64. The molecule has 2 N–H and O–H groups in total. The number of carbonyl (C=O) groups is 2. The van der Waals surface area contributed by atoms with E-state index in [0.717, 1.165) is 17.6 Å². The van der Waals surface area contributed by atoms with Crippen LogP contribution in [0, 0.1) is 6.92 Å². The Morgan fingerprint density at radius 2 is 1.93 bits per heavy atom. The van der Waals surface area contributed by atoms with Crippen LogP contribution in [-0.2, 0) is 0 Å². The number of benzene rings is 1. The van der Waals surface area contributed by atoms with E-state index in [0.29, 0.717) is 28.3 Å². The van der Waals surface area contributed by atoms with Crippen LogP contribution >= 0.6 is 11.5 Å². The molecule has 3 rings (SSSR count). The fourth-order valence-corrected chi connectivity index (χ4v) is 3.13. The highest BCUT2D eigenvalue weighted by atomic mass is 32.1. The average molecular weight is 402 g/mol. The highest BCUT2D eigenvalue weighted by Gasteiger charge is 2.15. The molecule has 3 aromatic rings. The molecule has 0 aliphatic heterocycles. The SMILES string of the molecule is CCOc1ccc2c(C(=O)NCCNC(=O)c3snnc3C)cc(=O)oc2c1. The molecule has 2 aromatic heterocycles. The quantitative estimate of drug-likeness (QED) is 0.453. The summed E-state index contributed by atoms with van der Waals surface area (Å²) < 4.78 is 14.3. The first-order chi connectivity index (χ1) is 13.5. The molecular weight excluding hydrogens is 384 g/mol. The van der Waals surface area contributed by atoms with Crippen LogP contribution < -0.4 is 21.0 Å². The molecule has 0 fully saturated rings. The molecule has 0 aliphatic carbocycles. The zero-order valence-electron chi connectivity index (χ0n) is 15.3. The average Bonchev–Trinajstić information content (AvgIpc) is 3.10. The molecule has 10 heteroatoms. The second kappa shape index (κ2) is 8.61. The number of aromatic nitrogens is 2. The van der Waals surface area contributed by atoms with Gasteiger partial charge in [0.1, 0.15) is 16.2 Å². The van der Waals surface area contributed by atoms with Gasteiger partial charge in [0.2, 0.25) is 0 Å². The van der Waals surface area contributed by atoms with Crippen LogP contribution in [-0.4, -0.2) is 41.1 Å². The molecule has 0 aliphatic rings. The van der Waals surface area contributed by atoms with Crippen LogP contribution in [0.1, 0.15) is 32.6 Å². The Bertz CT molecular complexity index is 1080. The number of aryl methyl sites for hydroxylation is 1. The minimum absolute atomic E-state index is 0.189. The largest absolute Gasteiger partial charge is 0.494 e. The van der Waals surface area contributed by atoms with Crippen molar-refractivity contribution in [3.8, 4) is 5.75 Å². The molecule has 0 unspecified atom stereocenters. The van der Waals surface area contributed by atoms with E-state index in [9.17, 15) is 14.4 Å². The Hall–Kier alpha value is -3.27. The predicted octanol–water partition coefficient (Wildman–Crippen LogP) is 1.51. The highest BCUT2D eigenvalue weighted by molar-refractivity contribution is 7.08. The zero-order chi connectivity index (χ0) is 20.1. The van der Waals surface area contributed by atoms with Crippen molar-refractivity contribution in [2.45, 2.75) is 13.8 Å². The molecule has 0 saturated carbocycles. The van der Waals surface area contributed by atoms with Crippen molar-refractivity contribution in [3.63, 3.8) is 0 Å². The first-order valence-electron chi connectivity index (χ1n) is 8.55. The van der Waals surface area contributed by atoms with Crippen molar-refractivity contribution >= 4 is 34.3 Å². The lowest BCUT2D eigenvalue weighted by Crippen LogP contribution is -2.35. The summed E-state index contributed by atoms with van der Waals surface area (Å²) in [6, 6.07) is 6.08. The summed E-state index contributed by atoms with van der Waals surface area (Å²) in [5.74, 6) is -0.186.